The molecule has 1 aromatic rings. The Hall–Kier alpha value is -2.25. The fourth-order valence-electron chi connectivity index (χ4n) is 1.56. The average Bonchev–Trinajstić information content (AvgIpc) is 2.80. The summed E-state index contributed by atoms with van der Waals surface area (Å²) in [6.07, 6.45) is 1.49. The van der Waals surface area contributed by atoms with Crippen molar-refractivity contribution in [1.29, 1.82) is 0 Å². The van der Waals surface area contributed by atoms with Crippen LogP contribution in [0, 0.1) is 5.41 Å². The van der Waals surface area contributed by atoms with E-state index in [1.807, 2.05) is 0 Å². The molecule has 0 spiro atoms. The Morgan fingerprint density at radius 2 is 2.11 bits per heavy atom. The molecule has 1 saturated heterocycles. The second-order valence-corrected chi connectivity index (χ2v) is 4.43. The minimum Gasteiger partial charge on any atom is -0.340 e. The number of barbiturate groups is 1. The third kappa shape index (κ3) is 1.96. The summed E-state index contributed by atoms with van der Waals surface area (Å²) < 4.78 is 4.77. The van der Waals surface area contributed by atoms with Gasteiger partial charge in [0.05, 0.1) is 0 Å². The van der Waals surface area contributed by atoms with E-state index in [2.05, 4.69) is 15.5 Å². The van der Waals surface area contributed by atoms with E-state index >= 15 is 0 Å². The molecule has 2 heterocycles. The first-order valence-electron chi connectivity index (χ1n) is 5.36. The Kier molecular flexibility index (Phi) is 2.85. The molecule has 0 atom stereocenters. The third-order valence-corrected chi connectivity index (χ3v) is 2.77. The fourth-order valence-corrected chi connectivity index (χ4v) is 1.56. The zero-order valence-electron chi connectivity index (χ0n) is 9.97. The molecule has 0 unspecified atom stereocenters. The van der Waals surface area contributed by atoms with Gasteiger partial charge in [-0.25, -0.2) is 4.79 Å². The van der Waals surface area contributed by atoms with Gasteiger partial charge >= 0.3 is 6.03 Å². The molecular weight excluding hydrogens is 240 g/mol. The summed E-state index contributed by atoms with van der Waals surface area (Å²) in [5, 5.41) is 5.56. The number of hydrogen-bond donors (Lipinski definition) is 1. The summed E-state index contributed by atoms with van der Waals surface area (Å²) in [5.41, 5.74) is -1.25. The number of carbonyl (C=O) groups excluding carboxylic acids is 3. The maximum absolute atomic E-state index is 12.0. The second-order valence-electron chi connectivity index (χ2n) is 4.43. The molecule has 8 heteroatoms. The van der Waals surface area contributed by atoms with Crippen LogP contribution in [-0.4, -0.2) is 39.4 Å². The Morgan fingerprint density at radius 3 is 2.72 bits per heavy atom. The summed E-state index contributed by atoms with van der Waals surface area (Å²) in [5.74, 6) is -0.799. The van der Waals surface area contributed by atoms with E-state index in [1.165, 1.54) is 20.2 Å². The Morgan fingerprint density at radius 1 is 1.39 bits per heavy atom. The highest BCUT2D eigenvalue weighted by molar-refractivity contribution is 6.18. The molecule has 0 aliphatic carbocycles. The molecule has 18 heavy (non-hydrogen) atoms. The van der Waals surface area contributed by atoms with Gasteiger partial charge in [0.25, 0.3) is 0 Å². The van der Waals surface area contributed by atoms with Gasteiger partial charge in [0.15, 0.2) is 6.33 Å². The molecule has 2 rings (SSSR count). The van der Waals surface area contributed by atoms with Gasteiger partial charge in [0.1, 0.15) is 5.41 Å². The van der Waals surface area contributed by atoms with Crippen molar-refractivity contribution in [3.05, 3.63) is 12.2 Å². The predicted octanol–water partition coefficient (Wildman–Crippen LogP) is -0.283. The molecule has 1 fully saturated rings. The number of urea groups is 1. The normalized spacial score (nSPS) is 19.0. The zero-order valence-corrected chi connectivity index (χ0v) is 9.97. The number of aromatic nitrogens is 2. The first-order chi connectivity index (χ1) is 8.43. The van der Waals surface area contributed by atoms with Crippen LogP contribution in [0.5, 0.6) is 0 Å². The van der Waals surface area contributed by atoms with Crippen molar-refractivity contribution in [3.8, 4) is 0 Å². The summed E-state index contributed by atoms with van der Waals surface area (Å²) in [6.45, 7) is 3.02. The van der Waals surface area contributed by atoms with Crippen molar-refractivity contribution in [2.75, 3.05) is 6.54 Å². The molecule has 1 aliphatic heterocycles. The second kappa shape index (κ2) is 4.21. The lowest BCUT2D eigenvalue weighted by molar-refractivity contribution is -0.149. The lowest BCUT2D eigenvalue weighted by Crippen LogP contribution is -2.62. The van der Waals surface area contributed by atoms with Crippen molar-refractivity contribution in [2.45, 2.75) is 20.3 Å². The first kappa shape index (κ1) is 12.2. The SMILES string of the molecule is CC1(C)C(=O)NC(=O)N(CCc2ncno2)C1=O. The maximum atomic E-state index is 12.0. The number of rotatable bonds is 3. The highest BCUT2D eigenvalue weighted by Crippen LogP contribution is 2.23. The van der Waals surface area contributed by atoms with Crippen molar-refractivity contribution in [3.63, 3.8) is 0 Å². The largest absolute Gasteiger partial charge is 0.340 e. The van der Waals surface area contributed by atoms with Gasteiger partial charge in [-0.1, -0.05) is 5.16 Å². The van der Waals surface area contributed by atoms with Crippen molar-refractivity contribution in [1.82, 2.24) is 20.4 Å². The zero-order chi connectivity index (χ0) is 13.3. The fraction of sp³-hybridized carbons (Fsp3) is 0.500. The predicted molar refractivity (Wildman–Crippen MR) is 57.0 cm³/mol. The number of hydrogen-bond acceptors (Lipinski definition) is 6. The molecule has 1 aromatic heterocycles. The molecule has 8 nitrogen and oxygen atoms in total. The van der Waals surface area contributed by atoms with Gasteiger partial charge in [0.2, 0.25) is 17.7 Å². The van der Waals surface area contributed by atoms with Crippen LogP contribution in [0.25, 0.3) is 0 Å². The van der Waals surface area contributed by atoms with E-state index < -0.39 is 23.3 Å². The standard InChI is InChI=1S/C10H12N4O4/c1-10(2)7(15)13-9(17)14(8(10)16)4-3-6-11-5-12-18-6/h5H,3-4H2,1-2H3,(H,13,15,17). The molecule has 96 valence electrons. The van der Waals surface area contributed by atoms with Crippen LogP contribution in [-0.2, 0) is 16.0 Å². The van der Waals surface area contributed by atoms with E-state index in [0.717, 1.165) is 4.90 Å². The van der Waals surface area contributed by atoms with E-state index in [0.29, 0.717) is 5.89 Å². The van der Waals surface area contributed by atoms with E-state index in [-0.39, 0.29) is 13.0 Å². The van der Waals surface area contributed by atoms with Gasteiger partial charge in [-0.2, -0.15) is 4.98 Å². The van der Waals surface area contributed by atoms with Crippen LogP contribution in [0.1, 0.15) is 19.7 Å². The first-order valence-corrected chi connectivity index (χ1v) is 5.36. The molecule has 4 amide bonds. The molecule has 0 aromatic carbocycles. The summed E-state index contributed by atoms with van der Waals surface area (Å²) in [6, 6.07) is -0.719. The maximum Gasteiger partial charge on any atom is 0.330 e. The van der Waals surface area contributed by atoms with Crippen molar-refractivity contribution < 1.29 is 18.9 Å². The highest BCUT2D eigenvalue weighted by Gasteiger charge is 2.46. The van der Waals surface area contributed by atoms with Crippen LogP contribution in [0.3, 0.4) is 0 Å². The third-order valence-electron chi connectivity index (χ3n) is 2.77. The number of nitrogens with zero attached hydrogens (tertiary/aromatic N) is 3. The molecule has 0 bridgehead atoms. The van der Waals surface area contributed by atoms with Crippen LogP contribution in [0.15, 0.2) is 10.9 Å². The topological polar surface area (TPSA) is 105 Å². The van der Waals surface area contributed by atoms with E-state index in [1.54, 1.807) is 0 Å². The highest BCUT2D eigenvalue weighted by atomic mass is 16.5. The smallest absolute Gasteiger partial charge is 0.330 e. The molecule has 0 radical (unpaired) electrons. The van der Waals surface area contributed by atoms with Crippen LogP contribution in [0.4, 0.5) is 4.79 Å². The van der Waals surface area contributed by atoms with Crippen LogP contribution in [0.2, 0.25) is 0 Å². The van der Waals surface area contributed by atoms with Gasteiger partial charge in [-0.3, -0.25) is 19.8 Å². The Balaban J connectivity index is 2.09. The molecule has 1 N–H and O–H groups in total. The van der Waals surface area contributed by atoms with Crippen LogP contribution < -0.4 is 5.32 Å². The minimum atomic E-state index is -1.25. The van der Waals surface area contributed by atoms with Gasteiger partial charge in [-0.15, -0.1) is 0 Å². The number of imide groups is 2. The summed E-state index contributed by atoms with van der Waals surface area (Å²) in [7, 11) is 0. The monoisotopic (exact) mass is 252 g/mol. The molecular formula is C10H12N4O4. The van der Waals surface area contributed by atoms with Gasteiger partial charge < -0.3 is 4.52 Å². The van der Waals surface area contributed by atoms with Crippen molar-refractivity contribution >= 4 is 17.8 Å². The molecule has 1 aliphatic rings. The van der Waals surface area contributed by atoms with Gasteiger partial charge in [-0.05, 0) is 13.8 Å². The summed E-state index contributed by atoms with van der Waals surface area (Å²) in [4.78, 5) is 39.8. The number of nitrogens with one attached hydrogen (secondary N) is 1. The number of carbonyl (C=O) groups is 3. The van der Waals surface area contributed by atoms with E-state index in [9.17, 15) is 14.4 Å². The Labute approximate surface area is 102 Å². The Bertz CT molecular complexity index is 494. The van der Waals surface area contributed by atoms with Crippen molar-refractivity contribution in [2.24, 2.45) is 5.41 Å². The lowest BCUT2D eigenvalue weighted by atomic mass is 9.89. The molecule has 0 saturated carbocycles. The number of amides is 4. The average molecular weight is 252 g/mol. The van der Waals surface area contributed by atoms with E-state index in [4.69, 9.17) is 4.52 Å². The quantitative estimate of drug-likeness (QED) is 0.741. The van der Waals surface area contributed by atoms with Gasteiger partial charge in [0, 0.05) is 13.0 Å². The van der Waals surface area contributed by atoms with Crippen LogP contribution >= 0.6 is 0 Å². The lowest BCUT2D eigenvalue weighted by Gasteiger charge is -2.34. The summed E-state index contributed by atoms with van der Waals surface area (Å²) >= 11 is 0. The minimum absolute atomic E-state index is 0.0869.